The molecule has 3 nitrogen and oxygen atoms in total. The van der Waals surface area contributed by atoms with Gasteiger partial charge in [-0.1, -0.05) is 6.92 Å². The van der Waals surface area contributed by atoms with Crippen molar-refractivity contribution in [2.24, 2.45) is 11.5 Å². The third-order valence-corrected chi connectivity index (χ3v) is 1.65. The number of halogens is 1. The Hall–Kier alpha value is -0.510. The van der Waals surface area contributed by atoms with E-state index in [0.29, 0.717) is 6.54 Å². The maximum absolute atomic E-state index is 5.64. The van der Waals surface area contributed by atoms with Gasteiger partial charge in [-0.25, -0.2) is 0 Å². The van der Waals surface area contributed by atoms with E-state index in [1.807, 2.05) is 19.1 Å². The van der Waals surface area contributed by atoms with E-state index >= 15 is 0 Å². The standard InChI is InChI=1S/C8H14N2O.ClH/c1-2-6-3-4-8(11-6)7(10)5-9;/h3-4,7H,2,5,9-10H2,1H3;1H/t7-;/m0./s1. The SMILES string of the molecule is CCc1ccc([C@@H](N)CN)o1.Cl. The van der Waals surface area contributed by atoms with Crippen LogP contribution in [-0.2, 0) is 6.42 Å². The molecule has 0 aromatic carbocycles. The Morgan fingerprint density at radius 3 is 2.58 bits per heavy atom. The number of nitrogens with two attached hydrogens (primary N) is 2. The van der Waals surface area contributed by atoms with Crippen molar-refractivity contribution >= 4 is 12.4 Å². The Kier molecular flexibility index (Phi) is 4.97. The average molecular weight is 191 g/mol. The summed E-state index contributed by atoms with van der Waals surface area (Å²) in [6.45, 7) is 2.47. The van der Waals surface area contributed by atoms with Crippen molar-refractivity contribution < 1.29 is 4.42 Å². The molecule has 0 bridgehead atoms. The normalized spacial score (nSPS) is 12.2. The van der Waals surface area contributed by atoms with Crippen molar-refractivity contribution in [3.05, 3.63) is 23.7 Å². The van der Waals surface area contributed by atoms with Gasteiger partial charge >= 0.3 is 0 Å². The highest BCUT2D eigenvalue weighted by Crippen LogP contribution is 2.13. The second-order valence-electron chi connectivity index (χ2n) is 2.50. The maximum Gasteiger partial charge on any atom is 0.122 e. The van der Waals surface area contributed by atoms with Gasteiger partial charge in [-0.3, -0.25) is 0 Å². The van der Waals surface area contributed by atoms with Crippen molar-refractivity contribution in [1.82, 2.24) is 0 Å². The highest BCUT2D eigenvalue weighted by atomic mass is 35.5. The minimum atomic E-state index is -0.157. The Bertz CT molecular complexity index is 225. The lowest BCUT2D eigenvalue weighted by molar-refractivity contribution is 0.438. The van der Waals surface area contributed by atoms with E-state index in [4.69, 9.17) is 15.9 Å². The fourth-order valence-corrected chi connectivity index (χ4v) is 0.900. The molecule has 70 valence electrons. The van der Waals surface area contributed by atoms with Gasteiger partial charge in [-0.05, 0) is 12.1 Å². The van der Waals surface area contributed by atoms with E-state index in [1.54, 1.807) is 0 Å². The zero-order chi connectivity index (χ0) is 8.27. The molecule has 0 saturated carbocycles. The lowest BCUT2D eigenvalue weighted by Crippen LogP contribution is -2.19. The molecule has 1 aromatic rings. The minimum absolute atomic E-state index is 0. The smallest absolute Gasteiger partial charge is 0.122 e. The van der Waals surface area contributed by atoms with Gasteiger partial charge in [0.1, 0.15) is 11.5 Å². The molecule has 1 heterocycles. The Morgan fingerprint density at radius 1 is 1.50 bits per heavy atom. The van der Waals surface area contributed by atoms with Crippen LogP contribution in [0.1, 0.15) is 24.5 Å². The molecule has 1 atom stereocenters. The molecule has 0 aliphatic carbocycles. The number of aryl methyl sites for hydroxylation is 1. The summed E-state index contributed by atoms with van der Waals surface area (Å²) in [5.41, 5.74) is 11.0. The number of rotatable bonds is 3. The van der Waals surface area contributed by atoms with Crippen LogP contribution in [0.2, 0.25) is 0 Å². The molecule has 12 heavy (non-hydrogen) atoms. The van der Waals surface area contributed by atoms with Crippen LogP contribution in [0.25, 0.3) is 0 Å². The van der Waals surface area contributed by atoms with Gasteiger partial charge in [-0.2, -0.15) is 0 Å². The second-order valence-corrected chi connectivity index (χ2v) is 2.50. The molecule has 0 aliphatic heterocycles. The van der Waals surface area contributed by atoms with Crippen molar-refractivity contribution in [1.29, 1.82) is 0 Å². The predicted octanol–water partition coefficient (Wildman–Crippen LogP) is 1.22. The van der Waals surface area contributed by atoms with Crippen LogP contribution in [-0.4, -0.2) is 6.54 Å². The topological polar surface area (TPSA) is 65.2 Å². The van der Waals surface area contributed by atoms with Gasteiger partial charge in [0.2, 0.25) is 0 Å². The first-order valence-corrected chi connectivity index (χ1v) is 3.82. The Balaban J connectivity index is 0.00000121. The van der Waals surface area contributed by atoms with Gasteiger partial charge in [-0.15, -0.1) is 12.4 Å². The lowest BCUT2D eigenvalue weighted by Gasteiger charge is -2.02. The molecule has 0 radical (unpaired) electrons. The van der Waals surface area contributed by atoms with E-state index < -0.39 is 0 Å². The quantitative estimate of drug-likeness (QED) is 0.754. The molecule has 0 amide bonds. The van der Waals surface area contributed by atoms with Crippen molar-refractivity contribution in [3.63, 3.8) is 0 Å². The summed E-state index contributed by atoms with van der Waals surface area (Å²) in [6.07, 6.45) is 0.900. The highest BCUT2D eigenvalue weighted by Gasteiger charge is 2.07. The molecule has 1 rings (SSSR count). The summed E-state index contributed by atoms with van der Waals surface area (Å²) in [4.78, 5) is 0. The van der Waals surface area contributed by atoms with Crippen LogP contribution in [0.15, 0.2) is 16.5 Å². The fraction of sp³-hybridized carbons (Fsp3) is 0.500. The predicted molar refractivity (Wildman–Crippen MR) is 51.3 cm³/mol. The Morgan fingerprint density at radius 2 is 2.17 bits per heavy atom. The number of hydrogen-bond donors (Lipinski definition) is 2. The van der Waals surface area contributed by atoms with Crippen LogP contribution in [0.3, 0.4) is 0 Å². The van der Waals surface area contributed by atoms with Crippen molar-refractivity contribution in [2.75, 3.05) is 6.54 Å². The monoisotopic (exact) mass is 190 g/mol. The van der Waals surface area contributed by atoms with Gasteiger partial charge in [0.25, 0.3) is 0 Å². The van der Waals surface area contributed by atoms with Gasteiger partial charge in [0, 0.05) is 13.0 Å². The van der Waals surface area contributed by atoms with Crippen LogP contribution < -0.4 is 11.5 Å². The van der Waals surface area contributed by atoms with Crippen LogP contribution in [0.5, 0.6) is 0 Å². The third kappa shape index (κ3) is 2.52. The van der Waals surface area contributed by atoms with Crippen LogP contribution in [0, 0.1) is 0 Å². The summed E-state index contributed by atoms with van der Waals surface area (Å²) in [7, 11) is 0. The van der Waals surface area contributed by atoms with Crippen LogP contribution in [0.4, 0.5) is 0 Å². The highest BCUT2D eigenvalue weighted by molar-refractivity contribution is 5.85. The number of furan rings is 1. The molecular formula is C8H15ClN2O. The largest absolute Gasteiger partial charge is 0.464 e. The summed E-state index contributed by atoms with van der Waals surface area (Å²) in [5, 5.41) is 0. The van der Waals surface area contributed by atoms with E-state index in [-0.39, 0.29) is 18.4 Å². The minimum Gasteiger partial charge on any atom is -0.464 e. The first-order chi connectivity index (χ1) is 5.27. The zero-order valence-electron chi connectivity index (χ0n) is 7.12. The van der Waals surface area contributed by atoms with Gasteiger partial charge in [0.15, 0.2) is 0 Å². The molecule has 1 aromatic heterocycles. The van der Waals surface area contributed by atoms with E-state index in [1.165, 1.54) is 0 Å². The van der Waals surface area contributed by atoms with Crippen molar-refractivity contribution in [2.45, 2.75) is 19.4 Å². The van der Waals surface area contributed by atoms with E-state index in [0.717, 1.165) is 17.9 Å². The van der Waals surface area contributed by atoms with Gasteiger partial charge in [0.05, 0.1) is 6.04 Å². The fourth-order valence-electron chi connectivity index (χ4n) is 0.900. The first-order valence-electron chi connectivity index (χ1n) is 3.82. The third-order valence-electron chi connectivity index (χ3n) is 1.65. The zero-order valence-corrected chi connectivity index (χ0v) is 7.93. The van der Waals surface area contributed by atoms with Crippen molar-refractivity contribution in [3.8, 4) is 0 Å². The molecule has 4 heteroatoms. The van der Waals surface area contributed by atoms with Gasteiger partial charge < -0.3 is 15.9 Å². The first kappa shape index (κ1) is 11.5. The maximum atomic E-state index is 5.64. The number of hydrogen-bond acceptors (Lipinski definition) is 3. The lowest BCUT2D eigenvalue weighted by atomic mass is 10.2. The van der Waals surface area contributed by atoms with Crippen LogP contribution >= 0.6 is 12.4 Å². The Labute approximate surface area is 78.5 Å². The summed E-state index contributed by atoms with van der Waals surface area (Å²) >= 11 is 0. The molecule has 4 N–H and O–H groups in total. The molecular weight excluding hydrogens is 176 g/mol. The molecule has 0 unspecified atom stereocenters. The summed E-state index contributed by atoms with van der Waals surface area (Å²) < 4.78 is 5.38. The second kappa shape index (κ2) is 5.19. The molecule has 0 saturated heterocycles. The average Bonchev–Trinajstić information content (AvgIpc) is 2.50. The van der Waals surface area contributed by atoms with E-state index in [9.17, 15) is 0 Å². The van der Waals surface area contributed by atoms with E-state index in [2.05, 4.69) is 0 Å². The molecule has 0 fully saturated rings. The molecule has 0 aliphatic rings. The summed E-state index contributed by atoms with van der Waals surface area (Å²) in [6, 6.07) is 3.66. The summed E-state index contributed by atoms with van der Waals surface area (Å²) in [5.74, 6) is 1.74. The molecule has 0 spiro atoms.